The Balaban J connectivity index is 1.17. The summed E-state index contributed by atoms with van der Waals surface area (Å²) in [5, 5.41) is 2.53. The van der Waals surface area contributed by atoms with Gasteiger partial charge in [-0.05, 0) is 98.6 Å². The van der Waals surface area contributed by atoms with Gasteiger partial charge in [-0.25, -0.2) is 0 Å². The molecule has 2 heteroatoms. The van der Waals surface area contributed by atoms with Gasteiger partial charge in [-0.1, -0.05) is 161 Å². The fourth-order valence-electron chi connectivity index (χ4n) is 9.98. The van der Waals surface area contributed by atoms with Gasteiger partial charge in [-0.3, -0.25) is 0 Å². The van der Waals surface area contributed by atoms with E-state index in [0.29, 0.717) is 0 Å². The molecule has 268 valence electrons. The third kappa shape index (κ3) is 4.62. The van der Waals surface area contributed by atoms with Gasteiger partial charge >= 0.3 is 0 Å². The van der Waals surface area contributed by atoms with E-state index in [0.717, 1.165) is 22.7 Å². The van der Waals surface area contributed by atoms with Crippen molar-refractivity contribution in [1.82, 2.24) is 4.57 Å². The molecule has 1 aromatic heterocycles. The largest absolute Gasteiger partial charge is 0.310 e. The number of hydrogen-bond acceptors (Lipinski definition) is 1. The van der Waals surface area contributed by atoms with E-state index in [-0.39, 0.29) is 10.8 Å². The van der Waals surface area contributed by atoms with Crippen LogP contribution in [0, 0.1) is 0 Å². The maximum atomic E-state index is 2.52. The molecule has 2 aliphatic carbocycles. The van der Waals surface area contributed by atoms with E-state index in [4.69, 9.17) is 0 Å². The summed E-state index contributed by atoms with van der Waals surface area (Å²) in [7, 11) is 0. The van der Waals surface area contributed by atoms with Crippen LogP contribution in [-0.2, 0) is 10.8 Å². The minimum atomic E-state index is -0.112. The first-order valence-corrected chi connectivity index (χ1v) is 19.8. The molecule has 9 aromatic rings. The van der Waals surface area contributed by atoms with Gasteiger partial charge in [0.05, 0.1) is 11.0 Å². The number of nitrogens with zero attached hydrogens (tertiary/aromatic N) is 2. The van der Waals surface area contributed by atoms with Crippen molar-refractivity contribution in [3.63, 3.8) is 0 Å². The summed E-state index contributed by atoms with van der Waals surface area (Å²) >= 11 is 0. The fourth-order valence-corrected chi connectivity index (χ4v) is 9.98. The van der Waals surface area contributed by atoms with Gasteiger partial charge in [0.1, 0.15) is 0 Å². The maximum absolute atomic E-state index is 2.52. The molecule has 0 unspecified atom stereocenters. The first-order chi connectivity index (χ1) is 27.3. The van der Waals surface area contributed by atoms with Crippen LogP contribution in [-0.4, -0.2) is 4.57 Å². The molecule has 0 bridgehead atoms. The number of rotatable bonds is 5. The normalized spacial score (nSPS) is 14.4. The summed E-state index contributed by atoms with van der Waals surface area (Å²) in [5.41, 5.74) is 20.1. The van der Waals surface area contributed by atoms with Crippen molar-refractivity contribution >= 4 is 38.9 Å². The topological polar surface area (TPSA) is 8.17 Å². The van der Waals surface area contributed by atoms with Crippen molar-refractivity contribution < 1.29 is 0 Å². The summed E-state index contributed by atoms with van der Waals surface area (Å²) in [4.78, 5) is 2.45. The standard InChI is InChI=1S/C54H42N2/c1-53(2)47-22-14-12-20-45(47)51-48(53)32-31-44-43-30-28-40(34-50(43)56(52(44)51)37-17-9-6-10-18-37)55(38-25-23-36(24-26-38)35-15-7-5-8-16-35)39-27-29-42-41-19-11-13-21-46(41)54(3,4)49(42)33-39/h5-34H,1-4H3. The van der Waals surface area contributed by atoms with Crippen LogP contribution >= 0.6 is 0 Å². The molecular weight excluding hydrogens is 677 g/mol. The third-order valence-corrected chi connectivity index (χ3v) is 12.8. The lowest BCUT2D eigenvalue weighted by Crippen LogP contribution is -2.16. The third-order valence-electron chi connectivity index (χ3n) is 12.8. The van der Waals surface area contributed by atoms with Crippen LogP contribution in [0.3, 0.4) is 0 Å². The van der Waals surface area contributed by atoms with Gasteiger partial charge in [0, 0.05) is 49.9 Å². The zero-order valence-corrected chi connectivity index (χ0v) is 32.2. The Kier molecular flexibility index (Phi) is 6.98. The highest BCUT2D eigenvalue weighted by Gasteiger charge is 2.38. The lowest BCUT2D eigenvalue weighted by molar-refractivity contribution is 0.660. The predicted molar refractivity (Wildman–Crippen MR) is 236 cm³/mol. The number of anilines is 3. The van der Waals surface area contributed by atoms with Gasteiger partial charge in [-0.2, -0.15) is 0 Å². The van der Waals surface area contributed by atoms with Crippen LogP contribution in [0.2, 0.25) is 0 Å². The first-order valence-electron chi connectivity index (χ1n) is 19.8. The molecule has 0 radical (unpaired) electrons. The summed E-state index contributed by atoms with van der Waals surface area (Å²) in [6.07, 6.45) is 0. The molecule has 0 atom stereocenters. The molecule has 0 amide bonds. The number of benzene rings is 8. The Morgan fingerprint density at radius 2 is 0.929 bits per heavy atom. The van der Waals surface area contributed by atoms with Crippen molar-refractivity contribution in [3.8, 4) is 39.1 Å². The van der Waals surface area contributed by atoms with E-state index in [1.807, 2.05) is 0 Å². The molecule has 0 N–H and O–H groups in total. The molecular formula is C54H42N2. The van der Waals surface area contributed by atoms with Crippen LogP contribution in [0.25, 0.3) is 60.9 Å². The van der Waals surface area contributed by atoms with Gasteiger partial charge < -0.3 is 9.47 Å². The Bertz CT molecular complexity index is 3000. The SMILES string of the molecule is CC1(C)c2ccccc2-c2ccc(N(c3ccc(-c4ccccc4)cc3)c3ccc4c5ccc6c(c5n(-c5ccccc5)c4c3)-c3ccccc3C6(C)C)cc21. The van der Waals surface area contributed by atoms with Crippen molar-refractivity contribution in [1.29, 1.82) is 0 Å². The molecule has 0 saturated carbocycles. The van der Waals surface area contributed by atoms with E-state index < -0.39 is 0 Å². The summed E-state index contributed by atoms with van der Waals surface area (Å²) in [5.74, 6) is 0. The highest BCUT2D eigenvalue weighted by Crippen LogP contribution is 2.54. The van der Waals surface area contributed by atoms with Gasteiger partial charge in [0.25, 0.3) is 0 Å². The first kappa shape index (κ1) is 32.8. The molecule has 2 aliphatic rings. The van der Waals surface area contributed by atoms with E-state index >= 15 is 0 Å². The molecule has 0 aliphatic heterocycles. The van der Waals surface area contributed by atoms with E-state index in [2.05, 4.69) is 219 Å². The minimum Gasteiger partial charge on any atom is -0.310 e. The molecule has 0 spiro atoms. The minimum absolute atomic E-state index is 0.0903. The second kappa shape index (κ2) is 11.9. The zero-order chi connectivity index (χ0) is 37.8. The Morgan fingerprint density at radius 3 is 1.68 bits per heavy atom. The van der Waals surface area contributed by atoms with Gasteiger partial charge in [0.2, 0.25) is 0 Å². The highest BCUT2D eigenvalue weighted by molar-refractivity contribution is 6.16. The average molecular weight is 719 g/mol. The zero-order valence-electron chi connectivity index (χ0n) is 32.2. The summed E-state index contributed by atoms with van der Waals surface area (Å²) in [6.45, 7) is 9.47. The van der Waals surface area contributed by atoms with E-state index in [9.17, 15) is 0 Å². The van der Waals surface area contributed by atoms with Crippen molar-refractivity contribution in [3.05, 3.63) is 204 Å². The molecule has 0 fully saturated rings. The van der Waals surface area contributed by atoms with E-state index in [1.165, 1.54) is 77.4 Å². The molecule has 11 rings (SSSR count). The van der Waals surface area contributed by atoms with Crippen LogP contribution in [0.15, 0.2) is 182 Å². The number of aromatic nitrogens is 1. The van der Waals surface area contributed by atoms with Crippen LogP contribution in [0.4, 0.5) is 17.1 Å². The molecule has 56 heavy (non-hydrogen) atoms. The number of para-hydroxylation sites is 1. The summed E-state index contributed by atoms with van der Waals surface area (Å²) in [6, 6.07) is 67.4. The van der Waals surface area contributed by atoms with Gasteiger partial charge in [-0.15, -0.1) is 0 Å². The molecule has 0 saturated heterocycles. The lowest BCUT2D eigenvalue weighted by Gasteiger charge is -2.28. The van der Waals surface area contributed by atoms with Crippen LogP contribution in [0.5, 0.6) is 0 Å². The monoisotopic (exact) mass is 718 g/mol. The van der Waals surface area contributed by atoms with Crippen molar-refractivity contribution in [2.24, 2.45) is 0 Å². The van der Waals surface area contributed by atoms with E-state index in [1.54, 1.807) is 0 Å². The molecule has 2 nitrogen and oxygen atoms in total. The second-order valence-electron chi connectivity index (χ2n) is 16.6. The maximum Gasteiger partial charge on any atom is 0.0622 e. The predicted octanol–water partition coefficient (Wildman–Crippen LogP) is 14.5. The Morgan fingerprint density at radius 1 is 0.393 bits per heavy atom. The summed E-state index contributed by atoms with van der Waals surface area (Å²) < 4.78 is 2.52. The fraction of sp³-hybridized carbons (Fsp3) is 0.111. The lowest BCUT2D eigenvalue weighted by atomic mass is 9.82. The smallest absolute Gasteiger partial charge is 0.0622 e. The van der Waals surface area contributed by atoms with Crippen molar-refractivity contribution in [2.45, 2.75) is 38.5 Å². The average Bonchev–Trinajstić information content (AvgIpc) is 3.78. The van der Waals surface area contributed by atoms with Crippen molar-refractivity contribution in [2.75, 3.05) is 4.90 Å². The Labute approximate surface area is 328 Å². The molecule has 1 heterocycles. The second-order valence-corrected chi connectivity index (χ2v) is 16.6. The molecule has 8 aromatic carbocycles. The highest BCUT2D eigenvalue weighted by atomic mass is 15.1. The quantitative estimate of drug-likeness (QED) is 0.172. The number of fused-ring (bicyclic) bond motifs is 10. The van der Waals surface area contributed by atoms with Crippen LogP contribution in [0.1, 0.15) is 49.9 Å². The van der Waals surface area contributed by atoms with Gasteiger partial charge in [0.15, 0.2) is 0 Å². The number of hydrogen-bond donors (Lipinski definition) is 0. The Hall–Kier alpha value is -6.64. The van der Waals surface area contributed by atoms with Crippen LogP contribution < -0.4 is 4.90 Å².